The third kappa shape index (κ3) is 2.88. The average molecular weight is 282 g/mol. The van der Waals surface area contributed by atoms with Crippen LogP contribution in [0.15, 0.2) is 0 Å². The molecule has 0 aliphatic carbocycles. The van der Waals surface area contributed by atoms with E-state index in [0.717, 1.165) is 38.5 Å². The summed E-state index contributed by atoms with van der Waals surface area (Å²) >= 11 is 0. The summed E-state index contributed by atoms with van der Waals surface area (Å²) in [5.74, 6) is 0.874. The molecule has 0 amide bonds. The maximum absolute atomic E-state index is 11.3. The van der Waals surface area contributed by atoms with Gasteiger partial charge in [-0.1, -0.05) is 27.7 Å². The lowest BCUT2D eigenvalue weighted by atomic mass is 9.82. The molecule has 3 atom stereocenters. The Morgan fingerprint density at radius 1 is 1.00 bits per heavy atom. The number of ether oxygens (including phenoxy) is 2. The second-order valence-corrected chi connectivity index (χ2v) is 7.35. The molecule has 2 saturated heterocycles. The molecule has 2 fully saturated rings. The van der Waals surface area contributed by atoms with Crippen molar-refractivity contribution in [1.29, 1.82) is 0 Å². The van der Waals surface area contributed by atoms with Gasteiger partial charge >= 0.3 is 5.97 Å². The summed E-state index contributed by atoms with van der Waals surface area (Å²) in [4.78, 5) is 11.3. The van der Waals surface area contributed by atoms with Crippen LogP contribution in [0.3, 0.4) is 0 Å². The van der Waals surface area contributed by atoms with Gasteiger partial charge in [-0.05, 0) is 50.4 Å². The fourth-order valence-electron chi connectivity index (χ4n) is 3.98. The first-order valence-corrected chi connectivity index (χ1v) is 8.17. The summed E-state index contributed by atoms with van der Waals surface area (Å²) in [7, 11) is 0. The Morgan fingerprint density at radius 3 is 1.80 bits per heavy atom. The summed E-state index contributed by atoms with van der Waals surface area (Å²) in [6.07, 6.45) is 6.27. The first-order chi connectivity index (χ1) is 9.30. The lowest BCUT2D eigenvalue weighted by Crippen LogP contribution is -2.45. The summed E-state index contributed by atoms with van der Waals surface area (Å²) in [5.41, 5.74) is -0.0216. The van der Waals surface area contributed by atoms with E-state index >= 15 is 0 Å². The number of esters is 1. The van der Waals surface area contributed by atoms with Crippen LogP contribution in [0.2, 0.25) is 0 Å². The quantitative estimate of drug-likeness (QED) is 0.731. The summed E-state index contributed by atoms with van der Waals surface area (Å²) in [5, 5.41) is 0. The number of carbonyl (C=O) groups excluding carboxylic acids is 1. The highest BCUT2D eigenvalue weighted by molar-refractivity contribution is 5.66. The lowest BCUT2D eigenvalue weighted by molar-refractivity contribution is -0.174. The van der Waals surface area contributed by atoms with E-state index in [1.54, 1.807) is 0 Å². The molecule has 2 rings (SSSR count). The summed E-state index contributed by atoms with van der Waals surface area (Å²) in [6.45, 7) is 10.6. The highest BCUT2D eigenvalue weighted by atomic mass is 16.5. The Labute approximate surface area is 123 Å². The lowest BCUT2D eigenvalue weighted by Gasteiger charge is -2.43. The minimum atomic E-state index is -0.152. The third-order valence-electron chi connectivity index (χ3n) is 5.59. The van der Waals surface area contributed by atoms with Crippen molar-refractivity contribution in [3.05, 3.63) is 0 Å². The molecule has 0 radical (unpaired) electrons. The second kappa shape index (κ2) is 5.67. The van der Waals surface area contributed by atoms with Crippen LogP contribution in [0.5, 0.6) is 0 Å². The van der Waals surface area contributed by atoms with E-state index in [4.69, 9.17) is 9.47 Å². The minimum Gasteiger partial charge on any atom is -0.463 e. The molecule has 0 N–H and O–H groups in total. The monoisotopic (exact) mass is 282 g/mol. The second-order valence-electron chi connectivity index (χ2n) is 7.35. The van der Waals surface area contributed by atoms with Crippen molar-refractivity contribution in [2.75, 3.05) is 0 Å². The van der Waals surface area contributed by atoms with Crippen molar-refractivity contribution >= 4 is 5.97 Å². The van der Waals surface area contributed by atoms with Gasteiger partial charge in [-0.15, -0.1) is 0 Å². The van der Waals surface area contributed by atoms with Crippen LogP contribution in [0.4, 0.5) is 0 Å². The fourth-order valence-corrected chi connectivity index (χ4v) is 3.98. The molecule has 3 nitrogen and oxygen atoms in total. The molecule has 3 heteroatoms. The topological polar surface area (TPSA) is 35.5 Å². The normalized spacial score (nSPS) is 37.9. The number of carbonyl (C=O) groups is 1. The van der Waals surface area contributed by atoms with Gasteiger partial charge in [0.25, 0.3) is 0 Å². The van der Waals surface area contributed by atoms with E-state index in [2.05, 4.69) is 27.7 Å². The van der Waals surface area contributed by atoms with Gasteiger partial charge in [0.05, 0.1) is 11.2 Å². The summed E-state index contributed by atoms with van der Waals surface area (Å²) in [6, 6.07) is 0. The zero-order chi connectivity index (χ0) is 15.0. The molecule has 0 aromatic rings. The molecular weight excluding hydrogens is 252 g/mol. The van der Waals surface area contributed by atoms with Gasteiger partial charge in [0.2, 0.25) is 0 Å². The predicted octanol–water partition coefficient (Wildman–Crippen LogP) is 4.09. The molecule has 2 bridgehead atoms. The molecule has 20 heavy (non-hydrogen) atoms. The predicted molar refractivity (Wildman–Crippen MR) is 79.5 cm³/mol. The zero-order valence-corrected chi connectivity index (χ0v) is 13.7. The van der Waals surface area contributed by atoms with Crippen LogP contribution in [-0.4, -0.2) is 23.3 Å². The molecule has 2 aliphatic rings. The highest BCUT2D eigenvalue weighted by Crippen LogP contribution is 2.52. The van der Waals surface area contributed by atoms with Crippen molar-refractivity contribution < 1.29 is 14.3 Å². The molecule has 0 aromatic heterocycles. The number of hydrogen-bond acceptors (Lipinski definition) is 3. The van der Waals surface area contributed by atoms with E-state index in [0.29, 0.717) is 11.8 Å². The van der Waals surface area contributed by atoms with Gasteiger partial charge in [-0.3, -0.25) is 4.79 Å². The average Bonchev–Trinajstić information content (AvgIpc) is 2.74. The van der Waals surface area contributed by atoms with Crippen LogP contribution in [0, 0.1) is 11.8 Å². The van der Waals surface area contributed by atoms with Gasteiger partial charge in [0.15, 0.2) is 0 Å². The molecule has 116 valence electrons. The van der Waals surface area contributed by atoms with Crippen LogP contribution < -0.4 is 0 Å². The number of rotatable bonds is 3. The van der Waals surface area contributed by atoms with Crippen LogP contribution >= 0.6 is 0 Å². The Kier molecular flexibility index (Phi) is 4.48. The first-order valence-electron chi connectivity index (χ1n) is 8.17. The molecule has 0 aromatic carbocycles. The van der Waals surface area contributed by atoms with Crippen molar-refractivity contribution in [2.24, 2.45) is 11.8 Å². The largest absolute Gasteiger partial charge is 0.463 e. The van der Waals surface area contributed by atoms with Crippen molar-refractivity contribution in [1.82, 2.24) is 0 Å². The fraction of sp³-hybridized carbons (Fsp3) is 0.941. The number of fused-ring (bicyclic) bond motifs is 2. The number of hydrogen-bond donors (Lipinski definition) is 0. The van der Waals surface area contributed by atoms with E-state index in [1.165, 1.54) is 6.92 Å². The molecule has 0 spiro atoms. The highest BCUT2D eigenvalue weighted by Gasteiger charge is 2.53. The zero-order valence-electron chi connectivity index (χ0n) is 13.7. The summed E-state index contributed by atoms with van der Waals surface area (Å²) < 4.78 is 12.2. The standard InChI is InChI=1S/C17H30O3/c1-12(2)16-8-6-15(19-14(5)18)7-9-17(20-16,11-10-16)13(3)4/h12-13,15H,6-11H2,1-5H3/t15?,16-,17+. The molecule has 2 aliphatic heterocycles. The first kappa shape index (κ1) is 15.8. The van der Waals surface area contributed by atoms with Gasteiger partial charge in [0.1, 0.15) is 6.10 Å². The SMILES string of the molecule is CC(=O)OC1CC[C@]2(C(C)C)CC[C@](C(C)C)(CC1)O2. The maximum atomic E-state index is 11.3. The third-order valence-corrected chi connectivity index (χ3v) is 5.59. The minimum absolute atomic E-state index is 0.0108. The Morgan fingerprint density at radius 2 is 1.45 bits per heavy atom. The van der Waals surface area contributed by atoms with Gasteiger partial charge in [-0.25, -0.2) is 0 Å². The Balaban J connectivity index is 2.21. The molecule has 2 heterocycles. The van der Waals surface area contributed by atoms with Crippen molar-refractivity contribution in [3.8, 4) is 0 Å². The Hall–Kier alpha value is -0.570. The molecule has 0 saturated carbocycles. The maximum Gasteiger partial charge on any atom is 0.302 e. The Bertz CT molecular complexity index is 337. The van der Waals surface area contributed by atoms with Crippen LogP contribution in [0.1, 0.15) is 73.1 Å². The smallest absolute Gasteiger partial charge is 0.302 e. The van der Waals surface area contributed by atoms with Gasteiger partial charge < -0.3 is 9.47 Å². The van der Waals surface area contributed by atoms with Gasteiger partial charge in [0, 0.05) is 6.92 Å². The van der Waals surface area contributed by atoms with E-state index in [9.17, 15) is 4.79 Å². The molecule has 1 unspecified atom stereocenters. The van der Waals surface area contributed by atoms with E-state index in [-0.39, 0.29) is 23.3 Å². The van der Waals surface area contributed by atoms with Crippen LogP contribution in [0.25, 0.3) is 0 Å². The van der Waals surface area contributed by atoms with E-state index in [1.807, 2.05) is 0 Å². The van der Waals surface area contributed by atoms with Crippen molar-refractivity contribution in [3.63, 3.8) is 0 Å². The van der Waals surface area contributed by atoms with E-state index < -0.39 is 0 Å². The van der Waals surface area contributed by atoms with Gasteiger partial charge in [-0.2, -0.15) is 0 Å². The van der Waals surface area contributed by atoms with Crippen molar-refractivity contribution in [2.45, 2.75) is 90.4 Å². The van der Waals surface area contributed by atoms with Crippen LogP contribution in [-0.2, 0) is 14.3 Å². The molecular formula is C17H30O3.